The number of carbonyl (C=O) groups excluding carboxylic acids is 1. The number of nitrogens with one attached hydrogen (secondary N) is 1. The molecular formula is C17H22N4O3. The normalized spacial score (nSPS) is 17.8. The number of benzene rings is 1. The van der Waals surface area contributed by atoms with Gasteiger partial charge in [-0.2, -0.15) is 4.98 Å². The van der Waals surface area contributed by atoms with E-state index in [-0.39, 0.29) is 11.9 Å². The van der Waals surface area contributed by atoms with Crippen LogP contribution in [0.25, 0.3) is 0 Å². The molecule has 7 heteroatoms. The van der Waals surface area contributed by atoms with E-state index in [0.717, 1.165) is 25.1 Å². The summed E-state index contributed by atoms with van der Waals surface area (Å²) in [5, 5.41) is 6.87. The predicted molar refractivity (Wildman–Crippen MR) is 87.5 cm³/mol. The Morgan fingerprint density at radius 2 is 2.25 bits per heavy atom. The molecule has 1 aromatic heterocycles. The highest BCUT2D eigenvalue weighted by Gasteiger charge is 2.30. The first-order chi connectivity index (χ1) is 11.7. The van der Waals surface area contributed by atoms with Gasteiger partial charge in [0.05, 0.1) is 19.1 Å². The number of aryl methyl sites for hydroxylation is 1. The number of para-hydroxylation sites is 1. The van der Waals surface area contributed by atoms with Crippen LogP contribution in [0.3, 0.4) is 0 Å². The van der Waals surface area contributed by atoms with Crippen LogP contribution in [0.2, 0.25) is 0 Å². The van der Waals surface area contributed by atoms with Crippen LogP contribution in [0.4, 0.5) is 0 Å². The van der Waals surface area contributed by atoms with E-state index >= 15 is 0 Å². The van der Waals surface area contributed by atoms with E-state index in [4.69, 9.17) is 9.26 Å². The molecule has 1 atom stereocenters. The first-order valence-electron chi connectivity index (χ1n) is 8.21. The van der Waals surface area contributed by atoms with E-state index < -0.39 is 0 Å². The highest BCUT2D eigenvalue weighted by molar-refractivity contribution is 5.78. The molecular weight excluding hydrogens is 308 g/mol. The lowest BCUT2D eigenvalue weighted by atomic mass is 10.2. The maximum Gasteiger partial charge on any atom is 0.234 e. The standard InChI is InChI=1S/C17H22N4O3/c1-13-19-17(20-24-13)15-8-5-10-21(15)12-16(22)18-9-11-23-14-6-3-2-4-7-14/h2-4,6-7,15H,5,8-12H2,1H3,(H,18,22)/t15-/m1/s1. The lowest BCUT2D eigenvalue weighted by molar-refractivity contribution is -0.122. The largest absolute Gasteiger partial charge is 0.492 e. The maximum absolute atomic E-state index is 12.1. The number of amides is 1. The van der Waals surface area contributed by atoms with Crippen LogP contribution < -0.4 is 10.1 Å². The van der Waals surface area contributed by atoms with Crippen molar-refractivity contribution in [3.05, 3.63) is 42.0 Å². The van der Waals surface area contributed by atoms with Crippen LogP contribution in [0.15, 0.2) is 34.9 Å². The molecule has 0 unspecified atom stereocenters. The van der Waals surface area contributed by atoms with Gasteiger partial charge in [-0.05, 0) is 31.5 Å². The van der Waals surface area contributed by atoms with Gasteiger partial charge >= 0.3 is 0 Å². The highest BCUT2D eigenvalue weighted by Crippen LogP contribution is 2.29. The summed E-state index contributed by atoms with van der Waals surface area (Å²) in [7, 11) is 0. The van der Waals surface area contributed by atoms with Gasteiger partial charge in [-0.3, -0.25) is 9.69 Å². The summed E-state index contributed by atoms with van der Waals surface area (Å²) in [4.78, 5) is 18.5. The molecule has 1 saturated heterocycles. The first kappa shape index (κ1) is 16.4. The number of carbonyl (C=O) groups is 1. The number of ether oxygens (including phenoxy) is 1. The minimum atomic E-state index is -0.0150. The van der Waals surface area contributed by atoms with Crippen LogP contribution in [0.1, 0.15) is 30.6 Å². The molecule has 1 aromatic carbocycles. The molecule has 1 N–H and O–H groups in total. The van der Waals surface area contributed by atoms with Crippen molar-refractivity contribution in [3.63, 3.8) is 0 Å². The average molecular weight is 330 g/mol. The zero-order valence-electron chi connectivity index (χ0n) is 13.8. The van der Waals surface area contributed by atoms with Crippen molar-refractivity contribution in [2.45, 2.75) is 25.8 Å². The SMILES string of the molecule is Cc1nc([C@H]2CCCN2CC(=O)NCCOc2ccccc2)no1. The molecule has 0 bridgehead atoms. The molecule has 0 spiro atoms. The highest BCUT2D eigenvalue weighted by atomic mass is 16.5. The molecule has 1 fully saturated rings. The van der Waals surface area contributed by atoms with E-state index in [2.05, 4.69) is 20.4 Å². The van der Waals surface area contributed by atoms with Crippen molar-refractivity contribution < 1.29 is 14.1 Å². The van der Waals surface area contributed by atoms with Gasteiger partial charge in [-0.1, -0.05) is 23.4 Å². The van der Waals surface area contributed by atoms with Crippen LogP contribution in [0, 0.1) is 6.92 Å². The van der Waals surface area contributed by atoms with Gasteiger partial charge in [0.25, 0.3) is 0 Å². The molecule has 24 heavy (non-hydrogen) atoms. The second-order valence-electron chi connectivity index (χ2n) is 5.81. The summed E-state index contributed by atoms with van der Waals surface area (Å²) in [5.74, 6) is 2.02. The Bertz CT molecular complexity index is 659. The number of rotatable bonds is 7. The van der Waals surface area contributed by atoms with Crippen LogP contribution in [-0.4, -0.2) is 47.2 Å². The van der Waals surface area contributed by atoms with Crippen molar-refractivity contribution in [3.8, 4) is 5.75 Å². The molecule has 1 aliphatic heterocycles. The lowest BCUT2D eigenvalue weighted by Crippen LogP contribution is -2.38. The third kappa shape index (κ3) is 4.32. The molecule has 128 valence electrons. The van der Waals surface area contributed by atoms with E-state index in [9.17, 15) is 4.79 Å². The summed E-state index contributed by atoms with van der Waals surface area (Å²) in [5.41, 5.74) is 0. The lowest BCUT2D eigenvalue weighted by Gasteiger charge is -2.21. The van der Waals surface area contributed by atoms with E-state index in [1.807, 2.05) is 30.3 Å². The zero-order chi connectivity index (χ0) is 16.8. The molecule has 0 aliphatic carbocycles. The van der Waals surface area contributed by atoms with Crippen molar-refractivity contribution >= 4 is 5.91 Å². The molecule has 0 saturated carbocycles. The predicted octanol–water partition coefficient (Wildman–Crippen LogP) is 1.71. The van der Waals surface area contributed by atoms with Crippen molar-refractivity contribution in [2.75, 3.05) is 26.2 Å². The monoisotopic (exact) mass is 330 g/mol. The minimum Gasteiger partial charge on any atom is -0.492 e. The van der Waals surface area contributed by atoms with Gasteiger partial charge in [0.2, 0.25) is 11.8 Å². The zero-order valence-corrected chi connectivity index (χ0v) is 13.8. The summed E-state index contributed by atoms with van der Waals surface area (Å²) in [6.07, 6.45) is 1.98. The third-order valence-corrected chi connectivity index (χ3v) is 3.99. The van der Waals surface area contributed by atoms with Gasteiger partial charge in [-0.15, -0.1) is 0 Å². The molecule has 0 radical (unpaired) electrons. The topological polar surface area (TPSA) is 80.5 Å². The van der Waals surface area contributed by atoms with Gasteiger partial charge in [0.1, 0.15) is 12.4 Å². The molecule has 3 rings (SSSR count). The molecule has 2 heterocycles. The summed E-state index contributed by atoms with van der Waals surface area (Å²) in [6.45, 7) is 3.90. The fourth-order valence-corrected chi connectivity index (χ4v) is 2.87. The first-order valence-corrected chi connectivity index (χ1v) is 8.21. The second-order valence-corrected chi connectivity index (χ2v) is 5.81. The average Bonchev–Trinajstić information content (AvgIpc) is 3.21. The number of aromatic nitrogens is 2. The molecule has 2 aromatic rings. The van der Waals surface area contributed by atoms with Gasteiger partial charge in [0.15, 0.2) is 5.82 Å². The summed E-state index contributed by atoms with van der Waals surface area (Å²) in [6, 6.07) is 9.62. The summed E-state index contributed by atoms with van der Waals surface area (Å²) < 4.78 is 10.6. The quantitative estimate of drug-likeness (QED) is 0.779. The smallest absolute Gasteiger partial charge is 0.234 e. The Morgan fingerprint density at radius 3 is 3.00 bits per heavy atom. The second kappa shape index (κ2) is 7.92. The molecule has 1 amide bonds. The van der Waals surface area contributed by atoms with Crippen LogP contribution in [0.5, 0.6) is 5.75 Å². The Morgan fingerprint density at radius 1 is 1.42 bits per heavy atom. The van der Waals surface area contributed by atoms with E-state index in [0.29, 0.717) is 31.4 Å². The van der Waals surface area contributed by atoms with Crippen molar-refractivity contribution in [1.29, 1.82) is 0 Å². The Kier molecular flexibility index (Phi) is 5.43. The molecule has 7 nitrogen and oxygen atoms in total. The Hall–Kier alpha value is -2.41. The fourth-order valence-electron chi connectivity index (χ4n) is 2.87. The van der Waals surface area contributed by atoms with Crippen molar-refractivity contribution in [1.82, 2.24) is 20.4 Å². The summed E-state index contributed by atoms with van der Waals surface area (Å²) >= 11 is 0. The van der Waals surface area contributed by atoms with Gasteiger partial charge in [-0.25, -0.2) is 0 Å². The van der Waals surface area contributed by atoms with E-state index in [1.165, 1.54) is 0 Å². The maximum atomic E-state index is 12.1. The fraction of sp³-hybridized carbons (Fsp3) is 0.471. The van der Waals surface area contributed by atoms with Crippen LogP contribution in [-0.2, 0) is 4.79 Å². The Balaban J connectivity index is 1.41. The van der Waals surface area contributed by atoms with E-state index in [1.54, 1.807) is 6.92 Å². The van der Waals surface area contributed by atoms with Crippen molar-refractivity contribution in [2.24, 2.45) is 0 Å². The molecule has 1 aliphatic rings. The Labute approximate surface area is 141 Å². The number of nitrogens with zero attached hydrogens (tertiary/aromatic N) is 3. The number of hydrogen-bond acceptors (Lipinski definition) is 6. The van der Waals surface area contributed by atoms with Gasteiger partial charge < -0.3 is 14.6 Å². The third-order valence-electron chi connectivity index (χ3n) is 3.99. The van der Waals surface area contributed by atoms with Crippen LogP contribution >= 0.6 is 0 Å². The minimum absolute atomic E-state index is 0.0150. The number of likely N-dealkylation sites (tertiary alicyclic amines) is 1. The number of hydrogen-bond donors (Lipinski definition) is 1. The van der Waals surface area contributed by atoms with Gasteiger partial charge in [0, 0.05) is 6.92 Å².